The Kier molecular flexibility index (Phi) is 6.36. The maximum atomic E-state index is 4.36. The van der Waals surface area contributed by atoms with Crippen molar-refractivity contribution in [1.82, 2.24) is 19.8 Å². The van der Waals surface area contributed by atoms with Crippen LogP contribution < -0.4 is 5.32 Å². The van der Waals surface area contributed by atoms with Gasteiger partial charge in [0.1, 0.15) is 5.82 Å². The molecule has 0 aliphatic heterocycles. The molecule has 1 aromatic rings. The molecule has 0 saturated heterocycles. The van der Waals surface area contributed by atoms with Crippen LogP contribution in [-0.4, -0.2) is 39.6 Å². The summed E-state index contributed by atoms with van der Waals surface area (Å²) < 4.78 is 2.18. The van der Waals surface area contributed by atoms with Crippen LogP contribution in [0.2, 0.25) is 0 Å². The fourth-order valence-corrected chi connectivity index (χ4v) is 2.32. The third kappa shape index (κ3) is 4.42. The summed E-state index contributed by atoms with van der Waals surface area (Å²) in [7, 11) is 0. The van der Waals surface area contributed by atoms with Gasteiger partial charge in [-0.25, -0.2) is 4.98 Å². The first-order chi connectivity index (χ1) is 8.56. The Morgan fingerprint density at radius 1 is 1.28 bits per heavy atom. The molecule has 0 atom stereocenters. The predicted molar refractivity (Wildman–Crippen MR) is 76.6 cm³/mol. The maximum absolute atomic E-state index is 4.36. The van der Waals surface area contributed by atoms with Gasteiger partial charge in [0.15, 0.2) is 0 Å². The smallest absolute Gasteiger partial charge is 0.122 e. The minimum absolute atomic E-state index is 0.601. The quantitative estimate of drug-likeness (QED) is 0.719. The highest BCUT2D eigenvalue weighted by Gasteiger charge is 2.12. The molecule has 0 bridgehead atoms. The molecule has 1 aromatic heterocycles. The van der Waals surface area contributed by atoms with Gasteiger partial charge in [0, 0.05) is 44.1 Å². The zero-order chi connectivity index (χ0) is 13.5. The molecule has 4 heteroatoms. The molecule has 0 fully saturated rings. The molecular formula is C14H28N4. The van der Waals surface area contributed by atoms with E-state index in [1.54, 1.807) is 0 Å². The molecule has 0 aliphatic rings. The van der Waals surface area contributed by atoms with Crippen LogP contribution in [0.15, 0.2) is 12.4 Å². The molecule has 4 nitrogen and oxygen atoms in total. The third-order valence-corrected chi connectivity index (χ3v) is 3.30. The van der Waals surface area contributed by atoms with Crippen molar-refractivity contribution in [3.8, 4) is 0 Å². The summed E-state index contributed by atoms with van der Waals surface area (Å²) in [4.78, 5) is 6.86. The first-order valence-electron chi connectivity index (χ1n) is 7.02. The lowest BCUT2D eigenvalue weighted by molar-refractivity contribution is 0.175. The molecule has 1 heterocycles. The van der Waals surface area contributed by atoms with Crippen LogP contribution in [0, 0.1) is 0 Å². The summed E-state index contributed by atoms with van der Waals surface area (Å²) in [5, 5.41) is 3.48. The lowest BCUT2D eigenvalue weighted by Crippen LogP contribution is -2.41. The lowest BCUT2D eigenvalue weighted by Gasteiger charge is -2.30. The number of nitrogens with one attached hydrogen (secondary N) is 1. The second-order valence-electron chi connectivity index (χ2n) is 5.23. The summed E-state index contributed by atoms with van der Waals surface area (Å²) in [6.45, 7) is 15.1. The fourth-order valence-electron chi connectivity index (χ4n) is 2.32. The monoisotopic (exact) mass is 252 g/mol. The first-order valence-corrected chi connectivity index (χ1v) is 7.02. The van der Waals surface area contributed by atoms with Gasteiger partial charge in [-0.15, -0.1) is 0 Å². The summed E-state index contributed by atoms with van der Waals surface area (Å²) in [5.41, 5.74) is 0. The van der Waals surface area contributed by atoms with Crippen molar-refractivity contribution in [1.29, 1.82) is 0 Å². The van der Waals surface area contributed by atoms with Crippen LogP contribution >= 0.6 is 0 Å². The summed E-state index contributed by atoms with van der Waals surface area (Å²) in [5.74, 6) is 1.12. The molecule has 104 valence electrons. The van der Waals surface area contributed by atoms with E-state index < -0.39 is 0 Å². The molecule has 0 spiro atoms. The summed E-state index contributed by atoms with van der Waals surface area (Å²) in [6, 6.07) is 1.20. The topological polar surface area (TPSA) is 33.1 Å². The zero-order valence-corrected chi connectivity index (χ0v) is 12.5. The van der Waals surface area contributed by atoms with E-state index in [0.29, 0.717) is 12.1 Å². The van der Waals surface area contributed by atoms with Crippen LogP contribution in [-0.2, 0) is 13.1 Å². The lowest BCUT2D eigenvalue weighted by atomic mass is 10.2. The van der Waals surface area contributed by atoms with Crippen LogP contribution in [0.25, 0.3) is 0 Å². The van der Waals surface area contributed by atoms with Gasteiger partial charge < -0.3 is 9.88 Å². The number of aromatic nitrogens is 2. The Hall–Kier alpha value is -0.870. The Balaban J connectivity index is 2.30. The minimum Gasteiger partial charge on any atom is -0.334 e. The van der Waals surface area contributed by atoms with Crippen molar-refractivity contribution in [2.24, 2.45) is 0 Å². The van der Waals surface area contributed by atoms with Crippen LogP contribution in [0.3, 0.4) is 0 Å². The molecule has 0 radical (unpaired) electrons. The van der Waals surface area contributed by atoms with E-state index in [1.165, 1.54) is 0 Å². The highest BCUT2D eigenvalue weighted by molar-refractivity contribution is 4.91. The number of rotatable bonds is 8. The van der Waals surface area contributed by atoms with Crippen molar-refractivity contribution in [2.45, 2.75) is 59.8 Å². The van der Waals surface area contributed by atoms with Gasteiger partial charge in [0.2, 0.25) is 0 Å². The van der Waals surface area contributed by atoms with Crippen molar-refractivity contribution < 1.29 is 0 Å². The molecule has 0 amide bonds. The maximum Gasteiger partial charge on any atom is 0.122 e. The van der Waals surface area contributed by atoms with Gasteiger partial charge in [0.25, 0.3) is 0 Å². The van der Waals surface area contributed by atoms with Gasteiger partial charge >= 0.3 is 0 Å². The second kappa shape index (κ2) is 7.54. The van der Waals surface area contributed by atoms with Gasteiger partial charge in [0.05, 0.1) is 6.54 Å². The average molecular weight is 252 g/mol. The van der Waals surface area contributed by atoms with Crippen molar-refractivity contribution in [2.75, 3.05) is 13.1 Å². The molecular weight excluding hydrogens is 224 g/mol. The van der Waals surface area contributed by atoms with E-state index in [9.17, 15) is 0 Å². The molecule has 1 rings (SSSR count). The zero-order valence-electron chi connectivity index (χ0n) is 12.5. The van der Waals surface area contributed by atoms with E-state index in [-0.39, 0.29) is 0 Å². The summed E-state index contributed by atoms with van der Waals surface area (Å²) in [6.07, 6.45) is 3.90. The highest BCUT2D eigenvalue weighted by atomic mass is 15.2. The summed E-state index contributed by atoms with van der Waals surface area (Å²) >= 11 is 0. The van der Waals surface area contributed by atoms with Crippen LogP contribution in [0.5, 0.6) is 0 Å². The first kappa shape index (κ1) is 15.2. The van der Waals surface area contributed by atoms with E-state index in [0.717, 1.165) is 32.0 Å². The van der Waals surface area contributed by atoms with E-state index in [1.807, 2.05) is 12.4 Å². The Labute approximate surface area is 111 Å². The molecule has 18 heavy (non-hydrogen) atoms. The number of imidazole rings is 1. The van der Waals surface area contributed by atoms with E-state index >= 15 is 0 Å². The number of hydrogen-bond donors (Lipinski definition) is 1. The Bertz CT molecular complexity index is 322. The molecule has 0 unspecified atom stereocenters. The van der Waals surface area contributed by atoms with Crippen LogP contribution in [0.1, 0.15) is 40.4 Å². The molecule has 1 N–H and O–H groups in total. The largest absolute Gasteiger partial charge is 0.334 e. The normalized spacial score (nSPS) is 12.0. The van der Waals surface area contributed by atoms with E-state index in [2.05, 4.69) is 54.4 Å². The second-order valence-corrected chi connectivity index (χ2v) is 5.23. The molecule has 0 saturated carbocycles. The molecule has 0 aromatic carbocycles. The van der Waals surface area contributed by atoms with E-state index in [4.69, 9.17) is 0 Å². The SMILES string of the molecule is CCn1ccnc1CNCCN(C(C)C)C(C)C. The predicted octanol–water partition coefficient (Wildman–Crippen LogP) is 2.11. The highest BCUT2D eigenvalue weighted by Crippen LogP contribution is 2.03. The minimum atomic E-state index is 0.601. The molecule has 0 aliphatic carbocycles. The van der Waals surface area contributed by atoms with Gasteiger partial charge in [-0.2, -0.15) is 0 Å². The third-order valence-electron chi connectivity index (χ3n) is 3.30. The number of hydrogen-bond acceptors (Lipinski definition) is 3. The standard InChI is InChI=1S/C14H28N4/c1-6-17-9-8-16-14(17)11-15-7-10-18(12(2)3)13(4)5/h8-9,12-13,15H,6-7,10-11H2,1-5H3. The van der Waals surface area contributed by atoms with Crippen molar-refractivity contribution >= 4 is 0 Å². The van der Waals surface area contributed by atoms with Crippen molar-refractivity contribution in [3.63, 3.8) is 0 Å². The van der Waals surface area contributed by atoms with Gasteiger partial charge in [-0.3, -0.25) is 4.90 Å². The van der Waals surface area contributed by atoms with Crippen LogP contribution in [0.4, 0.5) is 0 Å². The van der Waals surface area contributed by atoms with Gasteiger partial charge in [-0.1, -0.05) is 0 Å². The average Bonchev–Trinajstić information content (AvgIpc) is 2.75. The Morgan fingerprint density at radius 3 is 2.50 bits per heavy atom. The fraction of sp³-hybridized carbons (Fsp3) is 0.786. The van der Waals surface area contributed by atoms with Crippen molar-refractivity contribution in [3.05, 3.63) is 18.2 Å². The Morgan fingerprint density at radius 2 is 1.94 bits per heavy atom. The number of nitrogens with zero attached hydrogens (tertiary/aromatic N) is 3. The number of aryl methyl sites for hydroxylation is 1. The van der Waals surface area contributed by atoms with Gasteiger partial charge in [-0.05, 0) is 34.6 Å².